The molecule has 0 saturated carbocycles. The highest BCUT2D eigenvalue weighted by atomic mass is 16.4. The van der Waals surface area contributed by atoms with E-state index >= 15 is 0 Å². The maximum Gasteiger partial charge on any atom is 0.325 e. The smallest absolute Gasteiger partial charge is 0.325 e. The van der Waals surface area contributed by atoms with Crippen molar-refractivity contribution in [2.45, 2.75) is 13.1 Å². The molecule has 4 aromatic rings. The monoisotopic (exact) mass is 389 g/mol. The number of hydrogen-bond acceptors (Lipinski definition) is 4. The molecule has 1 aromatic carbocycles. The molecule has 0 aliphatic carbocycles. The summed E-state index contributed by atoms with van der Waals surface area (Å²) in [5.41, 5.74) is 4.02. The van der Waals surface area contributed by atoms with Crippen LogP contribution >= 0.6 is 0 Å². The normalized spacial score (nSPS) is 10.9. The summed E-state index contributed by atoms with van der Waals surface area (Å²) in [6.07, 6.45) is 8.64. The Morgan fingerprint density at radius 3 is 2.34 bits per heavy atom. The number of aromatic nitrogens is 5. The van der Waals surface area contributed by atoms with Crippen molar-refractivity contribution in [3.8, 4) is 22.3 Å². The van der Waals surface area contributed by atoms with Crippen LogP contribution < -0.4 is 5.56 Å². The predicted octanol–water partition coefficient (Wildman–Crippen LogP) is 2.25. The molecule has 0 spiro atoms. The molecule has 0 atom stereocenters. The number of nitrogens with zero attached hydrogens (tertiary/aromatic N) is 5. The van der Waals surface area contributed by atoms with E-state index < -0.39 is 5.97 Å². The Morgan fingerprint density at radius 2 is 1.62 bits per heavy atom. The number of benzene rings is 1. The summed E-state index contributed by atoms with van der Waals surface area (Å²) in [5, 5.41) is 17.5. The molecule has 8 nitrogen and oxygen atoms in total. The lowest BCUT2D eigenvalue weighted by atomic mass is 10.0. The van der Waals surface area contributed by atoms with Gasteiger partial charge < -0.3 is 9.67 Å². The molecule has 0 fully saturated rings. The van der Waals surface area contributed by atoms with Gasteiger partial charge in [-0.2, -0.15) is 10.2 Å². The highest BCUT2D eigenvalue weighted by Crippen LogP contribution is 2.30. The summed E-state index contributed by atoms with van der Waals surface area (Å²) >= 11 is 0. The van der Waals surface area contributed by atoms with Gasteiger partial charge in [-0.3, -0.25) is 19.0 Å². The van der Waals surface area contributed by atoms with E-state index in [9.17, 15) is 9.59 Å². The fourth-order valence-corrected chi connectivity index (χ4v) is 3.19. The highest BCUT2D eigenvalue weighted by Gasteiger charge is 2.14. The van der Waals surface area contributed by atoms with Crippen LogP contribution in [0.2, 0.25) is 0 Å². The molecule has 8 heteroatoms. The summed E-state index contributed by atoms with van der Waals surface area (Å²) in [6.45, 7) is 0.396. The van der Waals surface area contributed by atoms with Gasteiger partial charge in [0.2, 0.25) is 0 Å². The predicted molar refractivity (Wildman–Crippen MR) is 107 cm³/mol. The number of aryl methyl sites for hydroxylation is 1. The van der Waals surface area contributed by atoms with Gasteiger partial charge in [0.05, 0.1) is 18.9 Å². The summed E-state index contributed by atoms with van der Waals surface area (Å²) in [4.78, 5) is 23.2. The number of rotatable bonds is 6. The van der Waals surface area contributed by atoms with Crippen molar-refractivity contribution in [3.63, 3.8) is 0 Å². The zero-order chi connectivity index (χ0) is 20.4. The van der Waals surface area contributed by atoms with Crippen LogP contribution in [0.4, 0.5) is 0 Å². The average Bonchev–Trinajstić information content (AvgIpc) is 3.34. The van der Waals surface area contributed by atoms with Crippen molar-refractivity contribution >= 4 is 5.97 Å². The number of hydrogen-bond donors (Lipinski definition) is 1. The first kappa shape index (κ1) is 18.4. The van der Waals surface area contributed by atoms with Crippen LogP contribution in [0.25, 0.3) is 22.3 Å². The average molecular weight is 389 g/mol. The van der Waals surface area contributed by atoms with E-state index in [-0.39, 0.29) is 12.1 Å². The molecule has 0 aliphatic rings. The fraction of sp³-hybridized carbons (Fsp3) is 0.143. The van der Waals surface area contributed by atoms with Crippen molar-refractivity contribution in [1.82, 2.24) is 24.1 Å². The zero-order valence-electron chi connectivity index (χ0n) is 15.8. The first-order valence-corrected chi connectivity index (χ1v) is 9.01. The van der Waals surface area contributed by atoms with Gasteiger partial charge in [0.25, 0.3) is 5.56 Å². The third kappa shape index (κ3) is 4.01. The SMILES string of the molecule is Cn1cc(-c2cnn(Cc3ccccc3)c2)c(-c2cnn(CC(=O)O)c2)cc1=O. The van der Waals surface area contributed by atoms with E-state index in [0.717, 1.165) is 16.7 Å². The molecule has 0 amide bonds. The van der Waals surface area contributed by atoms with Gasteiger partial charge in [-0.15, -0.1) is 0 Å². The number of aliphatic carboxylic acids is 1. The van der Waals surface area contributed by atoms with Gasteiger partial charge >= 0.3 is 5.97 Å². The summed E-state index contributed by atoms with van der Waals surface area (Å²) in [7, 11) is 1.69. The van der Waals surface area contributed by atoms with E-state index in [2.05, 4.69) is 10.2 Å². The standard InChI is InChI=1S/C21H19N5O3/c1-24-13-19(17-9-22-25(12-17)10-15-5-3-2-4-6-15)18(7-20(24)27)16-8-23-26(11-16)14-21(28)29/h2-9,11-13H,10,14H2,1H3,(H,28,29). The molecule has 3 aromatic heterocycles. The third-order valence-electron chi connectivity index (χ3n) is 4.60. The number of pyridine rings is 1. The van der Waals surface area contributed by atoms with E-state index in [1.165, 1.54) is 15.3 Å². The van der Waals surface area contributed by atoms with Crippen LogP contribution in [0.3, 0.4) is 0 Å². The fourth-order valence-electron chi connectivity index (χ4n) is 3.19. The minimum atomic E-state index is -0.981. The summed E-state index contributed by atoms with van der Waals surface area (Å²) in [5.74, 6) is -0.981. The Balaban J connectivity index is 1.72. The largest absolute Gasteiger partial charge is 0.480 e. The molecule has 3 heterocycles. The van der Waals surface area contributed by atoms with Crippen LogP contribution in [0.15, 0.2) is 72.2 Å². The van der Waals surface area contributed by atoms with Crippen molar-refractivity contribution < 1.29 is 9.90 Å². The summed E-state index contributed by atoms with van der Waals surface area (Å²) in [6, 6.07) is 11.6. The lowest BCUT2D eigenvalue weighted by molar-refractivity contribution is -0.137. The van der Waals surface area contributed by atoms with Crippen molar-refractivity contribution in [2.24, 2.45) is 7.05 Å². The number of carboxylic acid groups (broad SMARTS) is 1. The molecular formula is C21H19N5O3. The Labute approximate surface area is 166 Å². The molecule has 0 unspecified atom stereocenters. The number of carboxylic acids is 1. The number of carbonyl (C=O) groups is 1. The second kappa shape index (κ2) is 7.59. The van der Waals surface area contributed by atoms with Gasteiger partial charge in [0.15, 0.2) is 0 Å². The molecule has 0 saturated heterocycles. The van der Waals surface area contributed by atoms with Crippen LogP contribution in [0.1, 0.15) is 5.56 Å². The second-order valence-corrected chi connectivity index (χ2v) is 6.78. The minimum absolute atomic E-state index is 0.161. The minimum Gasteiger partial charge on any atom is -0.480 e. The summed E-state index contributed by atoms with van der Waals surface area (Å²) < 4.78 is 4.68. The molecule has 29 heavy (non-hydrogen) atoms. The Bertz CT molecular complexity index is 1220. The van der Waals surface area contributed by atoms with Gasteiger partial charge in [0, 0.05) is 48.4 Å². The molecular weight excluding hydrogens is 370 g/mol. The topological polar surface area (TPSA) is 94.9 Å². The van der Waals surface area contributed by atoms with Crippen LogP contribution in [-0.2, 0) is 24.9 Å². The van der Waals surface area contributed by atoms with Crippen molar-refractivity contribution in [3.05, 3.63) is 83.3 Å². The molecule has 4 rings (SSSR count). The lowest BCUT2D eigenvalue weighted by Gasteiger charge is -2.08. The molecule has 0 radical (unpaired) electrons. The quantitative estimate of drug-likeness (QED) is 0.546. The lowest BCUT2D eigenvalue weighted by Crippen LogP contribution is -2.15. The van der Waals surface area contributed by atoms with Gasteiger partial charge in [0.1, 0.15) is 6.54 Å². The molecule has 0 bridgehead atoms. The van der Waals surface area contributed by atoms with Crippen molar-refractivity contribution in [2.75, 3.05) is 0 Å². The van der Waals surface area contributed by atoms with E-state index in [4.69, 9.17) is 5.11 Å². The Kier molecular flexibility index (Phi) is 4.82. The first-order chi connectivity index (χ1) is 14.0. The van der Waals surface area contributed by atoms with E-state index in [1.54, 1.807) is 31.8 Å². The maximum atomic E-state index is 12.2. The Hall–Kier alpha value is -3.94. The third-order valence-corrected chi connectivity index (χ3v) is 4.60. The molecule has 146 valence electrons. The van der Waals surface area contributed by atoms with E-state index in [1.807, 2.05) is 41.2 Å². The van der Waals surface area contributed by atoms with E-state index in [0.29, 0.717) is 17.7 Å². The van der Waals surface area contributed by atoms with Gasteiger partial charge in [-0.05, 0) is 11.1 Å². The van der Waals surface area contributed by atoms with Gasteiger partial charge in [-0.1, -0.05) is 30.3 Å². The molecule has 0 aliphatic heterocycles. The zero-order valence-corrected chi connectivity index (χ0v) is 15.8. The highest BCUT2D eigenvalue weighted by molar-refractivity contribution is 5.81. The van der Waals surface area contributed by atoms with Crippen LogP contribution in [-0.4, -0.2) is 35.2 Å². The second-order valence-electron chi connectivity index (χ2n) is 6.78. The first-order valence-electron chi connectivity index (χ1n) is 9.01. The van der Waals surface area contributed by atoms with Crippen LogP contribution in [0, 0.1) is 0 Å². The maximum absolute atomic E-state index is 12.2. The van der Waals surface area contributed by atoms with Gasteiger partial charge in [-0.25, -0.2) is 0 Å². The van der Waals surface area contributed by atoms with Crippen molar-refractivity contribution in [1.29, 1.82) is 0 Å². The molecule has 1 N–H and O–H groups in total. The Morgan fingerprint density at radius 1 is 0.966 bits per heavy atom. The van der Waals surface area contributed by atoms with Crippen LogP contribution in [0.5, 0.6) is 0 Å².